The maximum atomic E-state index is 13.1. The minimum atomic E-state index is -0.357. The van der Waals surface area contributed by atoms with E-state index in [1.54, 1.807) is 19.1 Å². The zero-order chi connectivity index (χ0) is 17.5. The predicted molar refractivity (Wildman–Crippen MR) is 95.2 cm³/mol. The molecule has 1 saturated carbocycles. The smallest absolute Gasteiger partial charge is 0.310 e. The molecule has 24 heavy (non-hydrogen) atoms. The number of hydrogen-bond acceptors (Lipinski definition) is 3. The summed E-state index contributed by atoms with van der Waals surface area (Å²) in [6.07, 6.45) is 6.59. The highest BCUT2D eigenvalue weighted by molar-refractivity contribution is 6.33. The molecule has 1 unspecified atom stereocenters. The van der Waals surface area contributed by atoms with E-state index in [4.69, 9.17) is 16.3 Å². The highest BCUT2D eigenvalue weighted by Gasteiger charge is 2.29. The third kappa shape index (κ3) is 4.73. The van der Waals surface area contributed by atoms with Gasteiger partial charge in [-0.2, -0.15) is 0 Å². The summed E-state index contributed by atoms with van der Waals surface area (Å²) in [5, 5.41) is 0.451. The summed E-state index contributed by atoms with van der Waals surface area (Å²) in [6, 6.07) is 7.25. The fourth-order valence-corrected chi connectivity index (χ4v) is 3.54. The number of esters is 1. The Bertz CT molecular complexity index is 567. The molecule has 0 aromatic heterocycles. The number of ether oxygens (including phenoxy) is 1. The van der Waals surface area contributed by atoms with Gasteiger partial charge in [-0.25, -0.2) is 0 Å². The monoisotopic (exact) mass is 351 g/mol. The normalized spacial score (nSPS) is 17.0. The summed E-state index contributed by atoms with van der Waals surface area (Å²) in [4.78, 5) is 26.8. The molecule has 0 spiro atoms. The summed E-state index contributed by atoms with van der Waals surface area (Å²) >= 11 is 6.22. The van der Waals surface area contributed by atoms with E-state index >= 15 is 0 Å². The Morgan fingerprint density at radius 1 is 1.21 bits per heavy atom. The van der Waals surface area contributed by atoms with E-state index in [1.165, 1.54) is 20.0 Å². The van der Waals surface area contributed by atoms with E-state index in [-0.39, 0.29) is 23.8 Å². The lowest BCUT2D eigenvalue weighted by Gasteiger charge is -2.33. The molecule has 0 aliphatic heterocycles. The van der Waals surface area contributed by atoms with Gasteiger partial charge in [-0.3, -0.25) is 9.59 Å². The van der Waals surface area contributed by atoms with E-state index < -0.39 is 0 Å². The number of carbonyl (C=O) groups excluding carboxylic acids is 2. The van der Waals surface area contributed by atoms with Crippen LogP contribution >= 0.6 is 11.6 Å². The van der Waals surface area contributed by atoms with Crippen molar-refractivity contribution in [3.63, 3.8) is 0 Å². The van der Waals surface area contributed by atoms with Gasteiger partial charge < -0.3 is 9.64 Å². The van der Waals surface area contributed by atoms with Gasteiger partial charge in [0.2, 0.25) is 0 Å². The minimum Gasteiger partial charge on any atom is -0.469 e. The molecule has 1 aliphatic rings. The molecule has 5 heteroatoms. The van der Waals surface area contributed by atoms with Crippen molar-refractivity contribution in [2.24, 2.45) is 5.92 Å². The van der Waals surface area contributed by atoms with E-state index in [2.05, 4.69) is 0 Å². The zero-order valence-electron chi connectivity index (χ0n) is 14.5. The Morgan fingerprint density at radius 3 is 2.42 bits per heavy atom. The number of rotatable bonds is 5. The third-order valence-corrected chi connectivity index (χ3v) is 5.03. The van der Waals surface area contributed by atoms with Crippen molar-refractivity contribution in [1.29, 1.82) is 0 Å². The minimum absolute atomic E-state index is 0.0942. The van der Waals surface area contributed by atoms with Crippen LogP contribution in [0.5, 0.6) is 0 Å². The van der Waals surface area contributed by atoms with Crippen LogP contribution in [0.15, 0.2) is 24.3 Å². The Labute approximate surface area is 149 Å². The van der Waals surface area contributed by atoms with Crippen molar-refractivity contribution in [2.45, 2.75) is 51.5 Å². The lowest BCUT2D eigenvalue weighted by molar-refractivity contribution is -0.145. The molecule has 1 aliphatic carbocycles. The van der Waals surface area contributed by atoms with E-state index in [1.807, 2.05) is 17.0 Å². The average molecular weight is 352 g/mol. The highest BCUT2D eigenvalue weighted by Crippen LogP contribution is 2.26. The Morgan fingerprint density at radius 2 is 1.83 bits per heavy atom. The summed E-state index contributed by atoms with van der Waals surface area (Å²) in [7, 11) is 1.38. The molecule has 0 radical (unpaired) electrons. The molecule has 2 rings (SSSR count). The molecule has 0 N–H and O–H groups in total. The van der Waals surface area contributed by atoms with Gasteiger partial charge in [0.25, 0.3) is 5.91 Å². The van der Waals surface area contributed by atoms with Crippen molar-refractivity contribution < 1.29 is 14.3 Å². The second kappa shape index (κ2) is 9.07. The average Bonchev–Trinajstić information content (AvgIpc) is 2.87. The van der Waals surface area contributed by atoms with Crippen LogP contribution in [0.25, 0.3) is 0 Å². The number of halogens is 1. The van der Waals surface area contributed by atoms with Crippen LogP contribution in [-0.4, -0.2) is 36.5 Å². The number of methoxy groups -OCH3 is 1. The van der Waals surface area contributed by atoms with E-state index in [9.17, 15) is 9.59 Å². The molecule has 0 saturated heterocycles. The van der Waals surface area contributed by atoms with Crippen LogP contribution in [0.4, 0.5) is 0 Å². The van der Waals surface area contributed by atoms with Crippen molar-refractivity contribution in [1.82, 2.24) is 4.90 Å². The molecule has 132 valence electrons. The first-order valence-corrected chi connectivity index (χ1v) is 9.05. The van der Waals surface area contributed by atoms with Crippen molar-refractivity contribution in [3.8, 4) is 0 Å². The van der Waals surface area contributed by atoms with Gasteiger partial charge in [0.05, 0.1) is 23.6 Å². The topological polar surface area (TPSA) is 46.6 Å². The van der Waals surface area contributed by atoms with Crippen molar-refractivity contribution in [2.75, 3.05) is 13.7 Å². The molecule has 1 aromatic carbocycles. The second-order valence-corrected chi connectivity index (χ2v) is 6.91. The van der Waals surface area contributed by atoms with Crippen LogP contribution in [0, 0.1) is 5.92 Å². The number of benzene rings is 1. The molecule has 1 aromatic rings. The first kappa shape index (κ1) is 18.8. The molecular formula is C19H26ClNO3. The standard InChI is InChI=1S/C19H26ClNO3/c1-14(19(23)24-2)13-21(15-9-5-3-4-6-10-15)18(22)16-11-7-8-12-17(16)20/h7-8,11-12,14-15H,3-6,9-10,13H2,1-2H3. The SMILES string of the molecule is COC(=O)C(C)CN(C(=O)c1ccccc1Cl)C1CCCCCC1. The Kier molecular flexibility index (Phi) is 7.10. The molecule has 1 atom stereocenters. The molecule has 0 bridgehead atoms. The van der Waals surface area contributed by atoms with Gasteiger partial charge in [0, 0.05) is 12.6 Å². The largest absolute Gasteiger partial charge is 0.469 e. The van der Waals surface area contributed by atoms with Crippen LogP contribution in [0.1, 0.15) is 55.8 Å². The van der Waals surface area contributed by atoms with Crippen LogP contribution in [-0.2, 0) is 9.53 Å². The number of nitrogens with zero attached hydrogens (tertiary/aromatic N) is 1. The lowest BCUT2D eigenvalue weighted by Crippen LogP contribution is -2.44. The van der Waals surface area contributed by atoms with Crippen LogP contribution in [0.2, 0.25) is 5.02 Å². The fraction of sp³-hybridized carbons (Fsp3) is 0.579. The first-order valence-electron chi connectivity index (χ1n) is 8.68. The fourth-order valence-electron chi connectivity index (χ4n) is 3.33. The quantitative estimate of drug-likeness (QED) is 0.586. The van der Waals surface area contributed by atoms with E-state index in [0.717, 1.165) is 25.7 Å². The lowest BCUT2D eigenvalue weighted by atomic mass is 10.0. The maximum Gasteiger partial charge on any atom is 0.310 e. The highest BCUT2D eigenvalue weighted by atomic mass is 35.5. The number of carbonyl (C=O) groups is 2. The van der Waals surface area contributed by atoms with E-state index in [0.29, 0.717) is 17.1 Å². The summed E-state index contributed by atoms with van der Waals surface area (Å²) in [5.41, 5.74) is 0.500. The second-order valence-electron chi connectivity index (χ2n) is 6.51. The number of hydrogen-bond donors (Lipinski definition) is 0. The van der Waals surface area contributed by atoms with Crippen LogP contribution in [0.3, 0.4) is 0 Å². The van der Waals surface area contributed by atoms with Gasteiger partial charge in [0.1, 0.15) is 0 Å². The Hall–Kier alpha value is -1.55. The van der Waals surface area contributed by atoms with Gasteiger partial charge in [-0.15, -0.1) is 0 Å². The molecule has 0 heterocycles. The summed E-state index contributed by atoms with van der Waals surface area (Å²) in [6.45, 7) is 2.16. The van der Waals surface area contributed by atoms with Gasteiger partial charge in [-0.1, -0.05) is 56.3 Å². The molecule has 4 nitrogen and oxygen atoms in total. The van der Waals surface area contributed by atoms with Crippen molar-refractivity contribution >= 4 is 23.5 Å². The Balaban J connectivity index is 2.25. The molecular weight excluding hydrogens is 326 g/mol. The molecule has 1 fully saturated rings. The van der Waals surface area contributed by atoms with Crippen molar-refractivity contribution in [3.05, 3.63) is 34.9 Å². The van der Waals surface area contributed by atoms with Gasteiger partial charge in [0.15, 0.2) is 0 Å². The predicted octanol–water partition coefficient (Wildman–Crippen LogP) is 4.31. The number of amides is 1. The van der Waals surface area contributed by atoms with Gasteiger partial charge >= 0.3 is 5.97 Å². The summed E-state index contributed by atoms with van der Waals surface area (Å²) < 4.78 is 4.83. The zero-order valence-corrected chi connectivity index (χ0v) is 15.2. The first-order chi connectivity index (χ1) is 11.5. The van der Waals surface area contributed by atoms with Gasteiger partial charge in [-0.05, 0) is 25.0 Å². The maximum absolute atomic E-state index is 13.1. The van der Waals surface area contributed by atoms with Crippen LogP contribution < -0.4 is 0 Å². The molecule has 1 amide bonds. The summed E-state index contributed by atoms with van der Waals surface area (Å²) in [5.74, 6) is -0.742. The third-order valence-electron chi connectivity index (χ3n) is 4.70.